The second kappa shape index (κ2) is 8.62. The molecule has 1 aromatic rings. The van der Waals surface area contributed by atoms with Crippen molar-refractivity contribution < 1.29 is 33.7 Å². The number of benzene rings is 1. The quantitative estimate of drug-likeness (QED) is 0.645. The van der Waals surface area contributed by atoms with Crippen LogP contribution in [0.25, 0.3) is 0 Å². The van der Waals surface area contributed by atoms with Crippen molar-refractivity contribution in [3.8, 4) is 11.5 Å². The molecule has 0 unspecified atom stereocenters. The summed E-state index contributed by atoms with van der Waals surface area (Å²) in [5.74, 6) is -1.81. The maximum absolute atomic E-state index is 11.9. The van der Waals surface area contributed by atoms with Crippen molar-refractivity contribution in [2.75, 3.05) is 21.3 Å². The van der Waals surface area contributed by atoms with Gasteiger partial charge in [0, 0.05) is 12.4 Å². The Hall–Kier alpha value is -2.77. The van der Waals surface area contributed by atoms with E-state index in [-0.39, 0.29) is 6.42 Å². The van der Waals surface area contributed by atoms with Crippen molar-refractivity contribution in [2.24, 2.45) is 0 Å². The van der Waals surface area contributed by atoms with Gasteiger partial charge in [0.25, 0.3) is 0 Å². The van der Waals surface area contributed by atoms with Gasteiger partial charge in [0.2, 0.25) is 5.91 Å². The van der Waals surface area contributed by atoms with Gasteiger partial charge in [-0.15, -0.1) is 0 Å². The number of carboxylic acids is 1. The highest BCUT2D eigenvalue weighted by atomic mass is 16.5. The second-order valence-corrected chi connectivity index (χ2v) is 4.51. The molecule has 8 heteroatoms. The monoisotopic (exact) mass is 324 g/mol. The Balaban J connectivity index is 3.00. The molecule has 0 aliphatic rings. The molecule has 0 saturated carbocycles. The van der Waals surface area contributed by atoms with E-state index in [2.05, 4.69) is 10.1 Å². The van der Waals surface area contributed by atoms with E-state index in [0.717, 1.165) is 0 Å². The van der Waals surface area contributed by atoms with Crippen LogP contribution in [0.5, 0.6) is 11.5 Å². The third-order valence-electron chi connectivity index (χ3n) is 3.04. The minimum atomic E-state index is -1.35. The van der Waals surface area contributed by atoms with E-state index in [9.17, 15) is 19.5 Å². The molecule has 0 fully saturated rings. The molecule has 1 N–H and O–H groups in total. The molecule has 0 aliphatic carbocycles. The molecule has 0 saturated heterocycles. The smallest absolute Gasteiger partial charge is 0.333 e. The minimum Gasteiger partial charge on any atom is -0.550 e. The maximum Gasteiger partial charge on any atom is 0.333 e. The van der Waals surface area contributed by atoms with Crippen LogP contribution in [0, 0.1) is 0 Å². The summed E-state index contributed by atoms with van der Waals surface area (Å²) in [7, 11) is 4.09. The molecular formula is C15H18NO7-. The zero-order valence-corrected chi connectivity index (χ0v) is 13.1. The molecular weight excluding hydrogens is 306 g/mol. The predicted octanol–water partition coefficient (Wildman–Crippen LogP) is -0.436. The summed E-state index contributed by atoms with van der Waals surface area (Å²) in [4.78, 5) is 34.1. The van der Waals surface area contributed by atoms with Crippen LogP contribution in [0.1, 0.15) is 24.4 Å². The normalized spacial score (nSPS) is 11.3. The fourth-order valence-corrected chi connectivity index (χ4v) is 1.88. The molecule has 1 amide bonds. The molecule has 8 nitrogen and oxygen atoms in total. The zero-order chi connectivity index (χ0) is 17.4. The summed E-state index contributed by atoms with van der Waals surface area (Å²) in [6.45, 7) is 0. The first-order valence-electron chi connectivity index (χ1n) is 6.71. The van der Waals surface area contributed by atoms with Crippen LogP contribution in [-0.4, -0.2) is 39.2 Å². The molecule has 126 valence electrons. The van der Waals surface area contributed by atoms with Gasteiger partial charge in [0.05, 0.1) is 21.3 Å². The van der Waals surface area contributed by atoms with E-state index < -0.39 is 30.3 Å². The highest BCUT2D eigenvalue weighted by molar-refractivity contribution is 5.86. The van der Waals surface area contributed by atoms with Crippen molar-refractivity contribution in [3.63, 3.8) is 0 Å². The summed E-state index contributed by atoms with van der Waals surface area (Å²) in [6.07, 6.45) is -0.741. The van der Waals surface area contributed by atoms with Crippen LogP contribution in [0.4, 0.5) is 0 Å². The average Bonchev–Trinajstić information content (AvgIpc) is 2.56. The molecule has 0 heterocycles. The molecule has 0 aromatic heterocycles. The Kier molecular flexibility index (Phi) is 6.85. The lowest BCUT2D eigenvalue weighted by atomic mass is 10.1. The summed E-state index contributed by atoms with van der Waals surface area (Å²) < 4.78 is 14.9. The predicted molar refractivity (Wildman–Crippen MR) is 76.7 cm³/mol. The molecule has 0 radical (unpaired) electrons. The molecule has 0 spiro atoms. The number of hydrogen-bond donors (Lipinski definition) is 1. The highest BCUT2D eigenvalue weighted by Gasteiger charge is 2.24. The fraction of sp³-hybridized carbons (Fsp3) is 0.400. The third-order valence-corrected chi connectivity index (χ3v) is 3.04. The lowest BCUT2D eigenvalue weighted by Gasteiger charge is -2.18. The SMILES string of the molecule is COC(=O)[C@@H](NC(=O)CCC(=O)[O-])c1ccc(OC)c(OC)c1. The molecule has 23 heavy (non-hydrogen) atoms. The first-order chi connectivity index (χ1) is 10.9. The number of esters is 1. The molecule has 0 aliphatic heterocycles. The number of nitrogens with one attached hydrogen (secondary N) is 1. The molecule has 0 bridgehead atoms. The number of carbonyl (C=O) groups excluding carboxylic acids is 3. The van der Waals surface area contributed by atoms with Gasteiger partial charge in [-0.25, -0.2) is 4.79 Å². The Bertz CT molecular complexity index is 585. The van der Waals surface area contributed by atoms with Gasteiger partial charge in [-0.1, -0.05) is 6.07 Å². The summed E-state index contributed by atoms with van der Waals surface area (Å²) in [6, 6.07) is 3.59. The van der Waals surface area contributed by atoms with Gasteiger partial charge in [-0.05, 0) is 24.1 Å². The molecule has 1 aromatic carbocycles. The summed E-state index contributed by atoms with van der Waals surface area (Å²) in [5.41, 5.74) is 0.413. The van der Waals surface area contributed by atoms with Gasteiger partial charge in [0.1, 0.15) is 0 Å². The number of carbonyl (C=O) groups is 3. The minimum absolute atomic E-state index is 0.302. The Morgan fingerprint density at radius 2 is 1.74 bits per heavy atom. The second-order valence-electron chi connectivity index (χ2n) is 4.51. The Morgan fingerprint density at radius 1 is 1.09 bits per heavy atom. The van der Waals surface area contributed by atoms with E-state index in [1.807, 2.05) is 0 Å². The summed E-state index contributed by atoms with van der Waals surface area (Å²) >= 11 is 0. The first-order valence-corrected chi connectivity index (χ1v) is 6.71. The lowest BCUT2D eigenvalue weighted by molar-refractivity contribution is -0.305. The van der Waals surface area contributed by atoms with Gasteiger partial charge in [-0.2, -0.15) is 0 Å². The maximum atomic E-state index is 11.9. The number of hydrogen-bond acceptors (Lipinski definition) is 7. The highest BCUT2D eigenvalue weighted by Crippen LogP contribution is 2.30. The van der Waals surface area contributed by atoms with Gasteiger partial charge >= 0.3 is 5.97 Å². The third kappa shape index (κ3) is 5.17. The number of aliphatic carboxylic acids is 1. The van der Waals surface area contributed by atoms with Crippen LogP contribution in [0.15, 0.2) is 18.2 Å². The Labute approximate surface area is 133 Å². The number of amides is 1. The van der Waals surface area contributed by atoms with Crippen LogP contribution in [0.3, 0.4) is 0 Å². The average molecular weight is 324 g/mol. The standard InChI is InChI=1S/C15H19NO7/c1-21-10-5-4-9(8-11(10)22-2)14(15(20)23-3)16-12(17)6-7-13(18)19/h4-5,8,14H,6-7H2,1-3H3,(H,16,17)(H,18,19)/p-1/t14-/m0/s1. The molecule has 1 atom stereocenters. The van der Waals surface area contributed by atoms with Crippen molar-refractivity contribution in [2.45, 2.75) is 18.9 Å². The number of carboxylic acid groups (broad SMARTS) is 1. The summed E-state index contributed by atoms with van der Waals surface area (Å²) in [5, 5.41) is 12.8. The van der Waals surface area contributed by atoms with E-state index in [0.29, 0.717) is 17.1 Å². The van der Waals surface area contributed by atoms with Crippen LogP contribution in [-0.2, 0) is 19.1 Å². The van der Waals surface area contributed by atoms with Gasteiger partial charge in [0.15, 0.2) is 17.5 Å². The largest absolute Gasteiger partial charge is 0.550 e. The van der Waals surface area contributed by atoms with E-state index >= 15 is 0 Å². The van der Waals surface area contributed by atoms with Crippen molar-refractivity contribution in [3.05, 3.63) is 23.8 Å². The zero-order valence-electron chi connectivity index (χ0n) is 13.1. The first kappa shape index (κ1) is 18.3. The lowest BCUT2D eigenvalue weighted by Crippen LogP contribution is -2.35. The van der Waals surface area contributed by atoms with E-state index in [1.165, 1.54) is 27.4 Å². The Morgan fingerprint density at radius 3 is 2.26 bits per heavy atom. The molecule has 1 rings (SSSR count). The van der Waals surface area contributed by atoms with Crippen molar-refractivity contribution >= 4 is 17.8 Å². The van der Waals surface area contributed by atoms with Gasteiger partial charge in [-0.3, -0.25) is 4.79 Å². The van der Waals surface area contributed by atoms with E-state index in [1.54, 1.807) is 12.1 Å². The van der Waals surface area contributed by atoms with Crippen molar-refractivity contribution in [1.82, 2.24) is 5.32 Å². The van der Waals surface area contributed by atoms with Gasteiger partial charge < -0.3 is 29.4 Å². The van der Waals surface area contributed by atoms with Crippen molar-refractivity contribution in [1.29, 1.82) is 0 Å². The van der Waals surface area contributed by atoms with Crippen LogP contribution in [0.2, 0.25) is 0 Å². The number of ether oxygens (including phenoxy) is 3. The topological polar surface area (TPSA) is 114 Å². The van der Waals surface area contributed by atoms with Crippen LogP contribution < -0.4 is 19.9 Å². The van der Waals surface area contributed by atoms with E-state index in [4.69, 9.17) is 9.47 Å². The number of rotatable bonds is 8. The number of methoxy groups -OCH3 is 3. The fourth-order valence-electron chi connectivity index (χ4n) is 1.88. The van der Waals surface area contributed by atoms with Crippen LogP contribution >= 0.6 is 0 Å².